The Labute approximate surface area is 184 Å². The molecule has 5 rings (SSSR count). The van der Waals surface area contributed by atoms with Crippen molar-refractivity contribution < 1.29 is 23.6 Å². The normalized spacial score (nSPS) is 30.2. The van der Waals surface area contributed by atoms with Crippen molar-refractivity contribution in [3.05, 3.63) is 53.0 Å². The molecular weight excluding hydrogens is 420 g/mol. The summed E-state index contributed by atoms with van der Waals surface area (Å²) in [7, 11) is 1.56. The fourth-order valence-electron chi connectivity index (χ4n) is 4.91. The Hall–Kier alpha value is -2.80. The predicted octanol–water partition coefficient (Wildman–Crippen LogP) is 3.96. The minimum atomic E-state index is -0.718. The van der Waals surface area contributed by atoms with Gasteiger partial charge in [-0.25, -0.2) is 0 Å². The zero-order valence-corrected chi connectivity index (χ0v) is 18.3. The molecular formula is C23H23ClN2O5. The van der Waals surface area contributed by atoms with Gasteiger partial charge < -0.3 is 14.0 Å². The molecule has 7 nitrogen and oxygen atoms in total. The molecule has 0 spiro atoms. The van der Waals surface area contributed by atoms with E-state index >= 15 is 0 Å². The van der Waals surface area contributed by atoms with Gasteiger partial charge in [-0.1, -0.05) is 30.3 Å². The number of para-hydroxylation sites is 1. The van der Waals surface area contributed by atoms with E-state index in [2.05, 4.69) is 5.16 Å². The molecule has 5 atom stereocenters. The highest BCUT2D eigenvalue weighted by atomic mass is 35.5. The lowest BCUT2D eigenvalue weighted by Crippen LogP contribution is -2.44. The highest BCUT2D eigenvalue weighted by molar-refractivity contribution is 6.21. The molecule has 2 aliphatic heterocycles. The van der Waals surface area contributed by atoms with E-state index < -0.39 is 11.9 Å². The fourth-order valence-corrected chi connectivity index (χ4v) is 5.20. The first kappa shape index (κ1) is 20.1. The second-order valence-electron chi connectivity index (χ2n) is 8.45. The van der Waals surface area contributed by atoms with Gasteiger partial charge in [0.05, 0.1) is 18.6 Å². The number of aromatic nitrogens is 1. The molecule has 1 saturated carbocycles. The molecule has 8 heteroatoms. The number of benzene rings is 1. The average Bonchev–Trinajstić information content (AvgIpc) is 3.30. The van der Waals surface area contributed by atoms with Crippen LogP contribution in [0.3, 0.4) is 0 Å². The van der Waals surface area contributed by atoms with E-state index in [1.54, 1.807) is 26.2 Å². The summed E-state index contributed by atoms with van der Waals surface area (Å²) in [5.41, 5.74) is 1.03. The van der Waals surface area contributed by atoms with Crippen LogP contribution in [-0.2, 0) is 14.3 Å². The molecule has 1 aromatic carbocycles. The third-order valence-electron chi connectivity index (χ3n) is 6.51. The summed E-state index contributed by atoms with van der Waals surface area (Å²) >= 11 is 6.51. The Morgan fingerprint density at radius 3 is 2.71 bits per heavy atom. The van der Waals surface area contributed by atoms with Crippen LogP contribution in [0.2, 0.25) is 0 Å². The maximum Gasteiger partial charge on any atom is 0.295 e. The molecule has 0 saturated heterocycles. The molecule has 3 heterocycles. The quantitative estimate of drug-likeness (QED) is 0.669. The fraction of sp³-hybridized carbons (Fsp3) is 0.435. The summed E-state index contributed by atoms with van der Waals surface area (Å²) in [6, 6.07) is 8.30. The van der Waals surface area contributed by atoms with Crippen molar-refractivity contribution in [3.63, 3.8) is 0 Å². The van der Waals surface area contributed by atoms with Gasteiger partial charge in [0.1, 0.15) is 23.7 Å². The number of anilines is 1. The lowest BCUT2D eigenvalue weighted by Gasteiger charge is -2.40. The molecule has 3 aliphatic rings. The van der Waals surface area contributed by atoms with Crippen molar-refractivity contribution in [2.75, 3.05) is 12.0 Å². The van der Waals surface area contributed by atoms with Gasteiger partial charge in [-0.2, -0.15) is 0 Å². The van der Waals surface area contributed by atoms with Gasteiger partial charge in [0.2, 0.25) is 0 Å². The minimum absolute atomic E-state index is 0.0872. The summed E-state index contributed by atoms with van der Waals surface area (Å²) < 4.78 is 17.0. The smallest absolute Gasteiger partial charge is 0.295 e. The number of halogens is 1. The summed E-state index contributed by atoms with van der Waals surface area (Å²) in [6.45, 7) is 3.80. The summed E-state index contributed by atoms with van der Waals surface area (Å²) in [5.74, 6) is 0.907. The Morgan fingerprint density at radius 1 is 1.23 bits per heavy atom. The molecule has 31 heavy (non-hydrogen) atoms. The number of amides is 1. The van der Waals surface area contributed by atoms with Crippen LogP contribution < -0.4 is 9.64 Å². The zero-order chi connectivity index (χ0) is 21.9. The van der Waals surface area contributed by atoms with Crippen LogP contribution in [0.25, 0.3) is 0 Å². The van der Waals surface area contributed by atoms with Crippen LogP contribution in [0.1, 0.15) is 37.1 Å². The van der Waals surface area contributed by atoms with E-state index in [4.69, 9.17) is 25.6 Å². The molecule has 2 aromatic rings. The Morgan fingerprint density at radius 2 is 2.00 bits per heavy atom. The number of fused-ring (bicyclic) bond motifs is 1. The number of hydrogen-bond acceptors (Lipinski definition) is 6. The molecule has 162 valence electrons. The Bertz CT molecular complexity index is 1090. The first-order valence-corrected chi connectivity index (χ1v) is 10.8. The molecule has 0 bridgehead atoms. The van der Waals surface area contributed by atoms with Gasteiger partial charge in [0, 0.05) is 17.0 Å². The first-order chi connectivity index (χ1) is 14.9. The number of nitrogens with zero attached hydrogens (tertiary/aromatic N) is 2. The number of carbonyl (C=O) groups is 2. The molecule has 1 aromatic heterocycles. The molecule has 1 amide bonds. The van der Waals surface area contributed by atoms with Crippen LogP contribution >= 0.6 is 11.6 Å². The van der Waals surface area contributed by atoms with E-state index in [0.29, 0.717) is 41.3 Å². The van der Waals surface area contributed by atoms with E-state index in [0.717, 1.165) is 0 Å². The highest BCUT2D eigenvalue weighted by Gasteiger charge is 2.55. The second-order valence-corrected chi connectivity index (χ2v) is 9.01. The van der Waals surface area contributed by atoms with Gasteiger partial charge in [0.15, 0.2) is 17.4 Å². The van der Waals surface area contributed by atoms with Crippen LogP contribution in [0.4, 0.5) is 5.82 Å². The number of aryl methyl sites for hydroxylation is 1. The third-order valence-corrected chi connectivity index (χ3v) is 7.11. The predicted molar refractivity (Wildman–Crippen MR) is 113 cm³/mol. The maximum atomic E-state index is 13.7. The standard InChI is InChI=1S/C23H23ClN2O5/c1-11-8-17-14(10-15(11)24)21(27)19-20(13-6-4-5-7-16(13)29-3)26(23(28)22(19)30-17)18-9-12(2)31-25-18/h4-7,9,11,14-15,17,20H,8,10H2,1-3H3. The van der Waals surface area contributed by atoms with Gasteiger partial charge in [-0.05, 0) is 31.7 Å². The molecule has 1 aliphatic carbocycles. The van der Waals surface area contributed by atoms with E-state index in [9.17, 15) is 9.59 Å². The number of ketones is 1. The first-order valence-electron chi connectivity index (χ1n) is 10.4. The second kappa shape index (κ2) is 7.41. The van der Waals surface area contributed by atoms with E-state index in [1.807, 2.05) is 25.1 Å². The molecule has 1 fully saturated rings. The van der Waals surface area contributed by atoms with E-state index in [1.165, 1.54) is 4.90 Å². The summed E-state index contributed by atoms with van der Waals surface area (Å²) in [5, 5.41) is 3.95. The van der Waals surface area contributed by atoms with Crippen molar-refractivity contribution in [3.8, 4) is 5.75 Å². The Kier molecular flexibility index (Phi) is 4.81. The number of Topliss-reactive ketones (excluding diaryl/α,β-unsaturated/α-hetero) is 1. The lowest BCUT2D eigenvalue weighted by molar-refractivity contribution is -0.132. The molecule has 0 N–H and O–H groups in total. The minimum Gasteiger partial charge on any atom is -0.496 e. The number of rotatable bonds is 3. The van der Waals surface area contributed by atoms with Gasteiger partial charge >= 0.3 is 0 Å². The van der Waals surface area contributed by atoms with Crippen LogP contribution in [-0.4, -0.2) is 35.4 Å². The van der Waals surface area contributed by atoms with Crippen LogP contribution in [0, 0.1) is 18.8 Å². The maximum absolute atomic E-state index is 13.7. The number of hydrogen-bond donors (Lipinski definition) is 0. The van der Waals surface area contributed by atoms with Crippen molar-refractivity contribution >= 4 is 29.1 Å². The van der Waals surface area contributed by atoms with Crippen molar-refractivity contribution in [2.45, 2.75) is 44.2 Å². The molecule has 0 radical (unpaired) electrons. The highest BCUT2D eigenvalue weighted by Crippen LogP contribution is 2.50. The summed E-state index contributed by atoms with van der Waals surface area (Å²) in [4.78, 5) is 28.8. The van der Waals surface area contributed by atoms with Gasteiger partial charge in [-0.15, -0.1) is 11.6 Å². The number of ether oxygens (including phenoxy) is 2. The lowest BCUT2D eigenvalue weighted by atomic mass is 9.74. The van der Waals surface area contributed by atoms with Gasteiger partial charge in [-0.3, -0.25) is 14.5 Å². The van der Waals surface area contributed by atoms with Crippen molar-refractivity contribution in [1.82, 2.24) is 5.16 Å². The van der Waals surface area contributed by atoms with Crippen molar-refractivity contribution in [1.29, 1.82) is 0 Å². The third kappa shape index (κ3) is 3.05. The Balaban J connectivity index is 1.66. The number of carbonyl (C=O) groups excluding carboxylic acids is 2. The van der Waals surface area contributed by atoms with Crippen LogP contribution in [0.5, 0.6) is 5.75 Å². The topological polar surface area (TPSA) is 81.9 Å². The van der Waals surface area contributed by atoms with Crippen molar-refractivity contribution in [2.24, 2.45) is 11.8 Å². The SMILES string of the molecule is COc1ccccc1C1C2=C(OC3CC(C)C(Cl)CC3C2=O)C(=O)N1c1cc(C)on1. The average molecular weight is 443 g/mol. The summed E-state index contributed by atoms with van der Waals surface area (Å²) in [6.07, 6.45) is 0.813. The van der Waals surface area contributed by atoms with Crippen LogP contribution in [0.15, 0.2) is 46.2 Å². The van der Waals surface area contributed by atoms with E-state index in [-0.39, 0.29) is 34.9 Å². The van der Waals surface area contributed by atoms with Gasteiger partial charge in [0.25, 0.3) is 5.91 Å². The number of alkyl halides is 1. The monoisotopic (exact) mass is 442 g/mol. The molecule has 5 unspecified atom stereocenters. The largest absolute Gasteiger partial charge is 0.496 e. The zero-order valence-electron chi connectivity index (χ0n) is 17.5. The number of methoxy groups -OCH3 is 1.